The van der Waals surface area contributed by atoms with Crippen LogP contribution >= 0.6 is 15.9 Å². The fourth-order valence-corrected chi connectivity index (χ4v) is 4.92. The number of halogens is 1. The number of amides is 3. The maximum atomic E-state index is 13.6. The van der Waals surface area contributed by atoms with Crippen molar-refractivity contribution in [1.29, 1.82) is 0 Å². The summed E-state index contributed by atoms with van der Waals surface area (Å²) in [5.41, 5.74) is -0.507. The number of benzene rings is 2. The van der Waals surface area contributed by atoms with E-state index in [0.29, 0.717) is 12.8 Å². The molecule has 0 unspecified atom stereocenters. The lowest BCUT2D eigenvalue weighted by Crippen LogP contribution is -2.52. The largest absolute Gasteiger partial charge is 0.292 e. The van der Waals surface area contributed by atoms with Gasteiger partial charge in [-0.3, -0.25) is 29.3 Å². The van der Waals surface area contributed by atoms with E-state index < -0.39 is 52.5 Å². The molecule has 9 nitrogen and oxygen atoms in total. The predicted octanol–water partition coefficient (Wildman–Crippen LogP) is 4.02. The molecule has 1 aliphatic heterocycles. The zero-order chi connectivity index (χ0) is 24.6. The summed E-state index contributed by atoms with van der Waals surface area (Å²) in [6, 6.07) is 11.7. The van der Waals surface area contributed by atoms with E-state index in [1.54, 1.807) is 24.3 Å². The minimum Gasteiger partial charge on any atom is -0.292 e. The molecule has 176 valence electrons. The molecule has 3 atom stereocenters. The average Bonchev–Trinajstić information content (AvgIpc) is 3.06. The van der Waals surface area contributed by atoms with Gasteiger partial charge in [0, 0.05) is 16.1 Å². The number of nitrogens with zero attached hydrogens (tertiary/aromatic N) is 3. The van der Waals surface area contributed by atoms with Crippen molar-refractivity contribution in [3.8, 4) is 0 Å². The lowest BCUT2D eigenvalue weighted by atomic mass is 9.76. The quantitative estimate of drug-likeness (QED) is 0.242. The van der Waals surface area contributed by atoms with Crippen LogP contribution in [0.1, 0.15) is 46.9 Å². The van der Waals surface area contributed by atoms with E-state index in [-0.39, 0.29) is 17.0 Å². The van der Waals surface area contributed by atoms with Crippen LogP contribution in [0.25, 0.3) is 0 Å². The molecule has 2 fully saturated rings. The number of para-hydroxylation sites is 1. The lowest BCUT2D eigenvalue weighted by molar-refractivity contribution is -0.385. The Balaban J connectivity index is 1.74. The second-order valence-electron chi connectivity index (χ2n) is 8.69. The molecule has 1 saturated carbocycles. The molecule has 1 aliphatic carbocycles. The van der Waals surface area contributed by atoms with Gasteiger partial charge in [-0.1, -0.05) is 47.1 Å². The summed E-state index contributed by atoms with van der Waals surface area (Å²) in [7, 11) is 0. The topological polar surface area (TPSA) is 118 Å². The van der Waals surface area contributed by atoms with Crippen LogP contribution in [0.3, 0.4) is 0 Å². The first-order valence-corrected chi connectivity index (χ1v) is 11.7. The molecule has 0 aromatic heterocycles. The van der Waals surface area contributed by atoms with Crippen molar-refractivity contribution in [2.24, 2.45) is 17.8 Å². The Hall–Kier alpha value is -3.40. The monoisotopic (exact) mass is 527 g/mol. The van der Waals surface area contributed by atoms with E-state index in [1.807, 2.05) is 6.92 Å². The van der Waals surface area contributed by atoms with Crippen molar-refractivity contribution in [3.05, 3.63) is 74.2 Å². The van der Waals surface area contributed by atoms with Gasteiger partial charge in [-0.2, -0.15) is 5.01 Å². The SMILES string of the molecule is C[C@@H]1CC[C@H]2C(=O)N(N(CC(=O)c3ccc(Br)cc3)C(=O)c3ccccc3[N+](=O)[O-])C(=O)[C@H]2C1. The van der Waals surface area contributed by atoms with Crippen LogP contribution in [0, 0.1) is 27.9 Å². The van der Waals surface area contributed by atoms with Gasteiger partial charge in [0.1, 0.15) is 12.1 Å². The van der Waals surface area contributed by atoms with Crippen LogP contribution in [-0.2, 0) is 9.59 Å². The van der Waals surface area contributed by atoms with Gasteiger partial charge in [0.05, 0.1) is 16.8 Å². The van der Waals surface area contributed by atoms with Crippen molar-refractivity contribution in [2.75, 3.05) is 6.54 Å². The van der Waals surface area contributed by atoms with Gasteiger partial charge in [0.15, 0.2) is 5.78 Å². The second kappa shape index (κ2) is 9.46. The standard InChI is InChI=1S/C24H22BrN3O6/c1-14-6-11-17-19(12-14)24(32)27(23(17)31)26(13-21(29)15-7-9-16(25)10-8-15)22(30)18-4-2-3-5-20(18)28(33)34/h2-5,7-10,14,17,19H,6,11-13H2,1H3/t14-,17-,19+/m1/s1. The van der Waals surface area contributed by atoms with Gasteiger partial charge in [-0.15, -0.1) is 0 Å². The normalized spacial score (nSPS) is 21.8. The van der Waals surface area contributed by atoms with E-state index in [4.69, 9.17) is 0 Å². The van der Waals surface area contributed by atoms with Gasteiger partial charge in [-0.05, 0) is 43.4 Å². The molecule has 1 saturated heterocycles. The summed E-state index contributed by atoms with van der Waals surface area (Å²) >= 11 is 3.29. The molecule has 2 aromatic carbocycles. The Labute approximate surface area is 204 Å². The number of rotatable bonds is 6. The molecule has 2 aromatic rings. The number of nitro benzene ring substituents is 1. The minimum atomic E-state index is -0.953. The van der Waals surface area contributed by atoms with Crippen molar-refractivity contribution in [3.63, 3.8) is 0 Å². The van der Waals surface area contributed by atoms with Crippen molar-refractivity contribution in [1.82, 2.24) is 10.0 Å². The highest BCUT2D eigenvalue weighted by Gasteiger charge is 2.53. The number of imide groups is 1. The summed E-state index contributed by atoms with van der Waals surface area (Å²) in [6.07, 6.45) is 1.81. The van der Waals surface area contributed by atoms with E-state index >= 15 is 0 Å². The molecule has 1 heterocycles. The first-order valence-electron chi connectivity index (χ1n) is 10.9. The highest BCUT2D eigenvalue weighted by atomic mass is 79.9. The fraction of sp³-hybridized carbons (Fsp3) is 0.333. The number of hydrogen-bond donors (Lipinski definition) is 0. The molecule has 4 rings (SSSR count). The van der Waals surface area contributed by atoms with Crippen LogP contribution in [0.2, 0.25) is 0 Å². The summed E-state index contributed by atoms with van der Waals surface area (Å²) < 4.78 is 0.750. The van der Waals surface area contributed by atoms with E-state index in [0.717, 1.165) is 27.0 Å². The Morgan fingerprint density at radius 1 is 1.06 bits per heavy atom. The van der Waals surface area contributed by atoms with E-state index in [2.05, 4.69) is 15.9 Å². The molecule has 0 N–H and O–H groups in total. The van der Waals surface area contributed by atoms with Crippen molar-refractivity contribution in [2.45, 2.75) is 26.2 Å². The van der Waals surface area contributed by atoms with Gasteiger partial charge >= 0.3 is 0 Å². The van der Waals surface area contributed by atoms with Crippen molar-refractivity contribution >= 4 is 45.1 Å². The number of carbonyl (C=O) groups excluding carboxylic acids is 4. The summed E-state index contributed by atoms with van der Waals surface area (Å²) in [5.74, 6) is -3.43. The number of hydrazine groups is 1. The van der Waals surface area contributed by atoms with Gasteiger partial charge < -0.3 is 0 Å². The fourth-order valence-electron chi connectivity index (χ4n) is 4.66. The molecule has 0 spiro atoms. The molecule has 2 aliphatic rings. The van der Waals surface area contributed by atoms with Gasteiger partial charge in [-0.25, -0.2) is 5.01 Å². The molecule has 10 heteroatoms. The molecule has 3 amide bonds. The molecule has 0 radical (unpaired) electrons. The predicted molar refractivity (Wildman–Crippen MR) is 124 cm³/mol. The number of hydrogen-bond acceptors (Lipinski definition) is 6. The Bertz CT molecular complexity index is 1180. The third-order valence-electron chi connectivity index (χ3n) is 6.43. The van der Waals surface area contributed by atoms with Gasteiger partial charge in [0.25, 0.3) is 23.4 Å². The second-order valence-corrected chi connectivity index (χ2v) is 9.60. The average molecular weight is 528 g/mol. The summed E-state index contributed by atoms with van der Waals surface area (Å²) in [5, 5.41) is 13.1. The number of ketones is 1. The minimum absolute atomic E-state index is 0.252. The number of nitro groups is 1. The number of carbonyl (C=O) groups is 4. The molecule has 34 heavy (non-hydrogen) atoms. The highest BCUT2D eigenvalue weighted by Crippen LogP contribution is 2.41. The maximum Gasteiger partial charge on any atom is 0.282 e. The van der Waals surface area contributed by atoms with Crippen LogP contribution in [0.15, 0.2) is 53.0 Å². The number of fused-ring (bicyclic) bond motifs is 1. The number of Topliss-reactive ketones (excluding diaryl/α,β-unsaturated/α-hetero) is 1. The molecular weight excluding hydrogens is 506 g/mol. The summed E-state index contributed by atoms with van der Waals surface area (Å²) in [6.45, 7) is 1.39. The van der Waals surface area contributed by atoms with Crippen LogP contribution in [-0.4, -0.2) is 45.0 Å². The molecular formula is C24H22BrN3O6. The zero-order valence-corrected chi connectivity index (χ0v) is 19.9. The maximum absolute atomic E-state index is 13.6. The third kappa shape index (κ3) is 4.37. The summed E-state index contributed by atoms with van der Waals surface area (Å²) in [4.78, 5) is 64.0. The van der Waals surface area contributed by atoms with Crippen LogP contribution in [0.5, 0.6) is 0 Å². The van der Waals surface area contributed by atoms with Crippen LogP contribution < -0.4 is 0 Å². The van der Waals surface area contributed by atoms with Crippen molar-refractivity contribution < 1.29 is 24.1 Å². The first-order chi connectivity index (χ1) is 16.2. The third-order valence-corrected chi connectivity index (χ3v) is 6.96. The Morgan fingerprint density at radius 2 is 1.71 bits per heavy atom. The van der Waals surface area contributed by atoms with Crippen LogP contribution in [0.4, 0.5) is 5.69 Å². The smallest absolute Gasteiger partial charge is 0.282 e. The lowest BCUT2D eigenvalue weighted by Gasteiger charge is -2.30. The zero-order valence-electron chi connectivity index (χ0n) is 18.3. The molecule has 0 bridgehead atoms. The van der Waals surface area contributed by atoms with E-state index in [1.165, 1.54) is 18.2 Å². The highest BCUT2D eigenvalue weighted by molar-refractivity contribution is 9.10. The van der Waals surface area contributed by atoms with Gasteiger partial charge in [0.2, 0.25) is 0 Å². The Kier molecular flexibility index (Phi) is 6.60. The first kappa shape index (κ1) is 23.7. The Morgan fingerprint density at radius 3 is 2.38 bits per heavy atom. The van der Waals surface area contributed by atoms with E-state index in [9.17, 15) is 29.3 Å².